The summed E-state index contributed by atoms with van der Waals surface area (Å²) in [6.07, 6.45) is 0. The number of carbonyl (C=O) groups is 2. The van der Waals surface area contributed by atoms with Crippen molar-refractivity contribution in [1.82, 2.24) is 10.2 Å². The zero-order valence-electron chi connectivity index (χ0n) is 9.14. The van der Waals surface area contributed by atoms with Gasteiger partial charge in [0.25, 0.3) is 0 Å². The van der Waals surface area contributed by atoms with Gasteiger partial charge in [-0.05, 0) is 0 Å². The van der Waals surface area contributed by atoms with Crippen molar-refractivity contribution in [1.29, 1.82) is 0 Å². The second kappa shape index (κ2) is 6.29. The molecule has 0 aliphatic carbocycles. The molecule has 0 saturated carbocycles. The number of nitrogens with zero attached hydrogens (tertiary/aromatic N) is 1. The molecule has 7 heteroatoms. The van der Waals surface area contributed by atoms with E-state index in [9.17, 15) is 9.59 Å². The summed E-state index contributed by atoms with van der Waals surface area (Å²) in [4.78, 5) is 23.8. The van der Waals surface area contributed by atoms with Gasteiger partial charge in [0.05, 0.1) is 19.8 Å². The Bertz CT molecular complexity index is 258. The molecule has 1 unspecified atom stereocenters. The molecule has 0 aromatic heterocycles. The molecule has 7 nitrogen and oxygen atoms in total. The van der Waals surface area contributed by atoms with Crippen LogP contribution in [0.2, 0.25) is 0 Å². The van der Waals surface area contributed by atoms with Gasteiger partial charge in [0.15, 0.2) is 6.04 Å². The van der Waals surface area contributed by atoms with Crippen molar-refractivity contribution in [3.63, 3.8) is 0 Å². The van der Waals surface area contributed by atoms with Crippen LogP contribution in [0.15, 0.2) is 0 Å². The highest BCUT2D eigenvalue weighted by Crippen LogP contribution is 2.07. The van der Waals surface area contributed by atoms with Crippen LogP contribution in [0.25, 0.3) is 0 Å². The number of hydrogen-bond donors (Lipinski definition) is 2. The first-order valence-corrected chi connectivity index (χ1v) is 5.00. The first-order chi connectivity index (χ1) is 7.66. The van der Waals surface area contributed by atoms with Crippen molar-refractivity contribution in [2.24, 2.45) is 0 Å². The second-order valence-electron chi connectivity index (χ2n) is 3.35. The molecule has 1 aliphatic rings. The fourth-order valence-electron chi connectivity index (χ4n) is 1.41. The molecule has 0 bridgehead atoms. The van der Waals surface area contributed by atoms with E-state index in [1.165, 1.54) is 12.0 Å². The Morgan fingerprint density at radius 1 is 1.62 bits per heavy atom. The minimum atomic E-state index is -1.05. The summed E-state index contributed by atoms with van der Waals surface area (Å²) in [6, 6.07) is -1.30. The first kappa shape index (κ1) is 12.7. The van der Waals surface area contributed by atoms with Crippen molar-refractivity contribution in [3.05, 3.63) is 0 Å². The van der Waals surface area contributed by atoms with Crippen molar-refractivity contribution < 1.29 is 24.2 Å². The van der Waals surface area contributed by atoms with Crippen LogP contribution in [-0.2, 0) is 14.3 Å². The molecule has 1 atom stereocenters. The number of nitrogens with one attached hydrogen (secondary N) is 1. The van der Waals surface area contributed by atoms with Crippen molar-refractivity contribution in [2.45, 2.75) is 6.04 Å². The number of urea groups is 1. The van der Waals surface area contributed by atoms with Crippen LogP contribution in [0, 0.1) is 0 Å². The fourth-order valence-corrected chi connectivity index (χ4v) is 1.41. The van der Waals surface area contributed by atoms with Gasteiger partial charge in [-0.3, -0.25) is 0 Å². The molecule has 1 fully saturated rings. The molecule has 0 aromatic carbocycles. The van der Waals surface area contributed by atoms with Crippen LogP contribution >= 0.6 is 0 Å². The Hall–Kier alpha value is -1.34. The zero-order chi connectivity index (χ0) is 12.0. The topological polar surface area (TPSA) is 88.1 Å². The summed E-state index contributed by atoms with van der Waals surface area (Å²) >= 11 is 0. The van der Waals surface area contributed by atoms with E-state index in [-0.39, 0.29) is 13.2 Å². The standard InChI is InChI=1S/C9H16N2O5/c1-15-4-2-10-9(14)11-3-5-16-6-7(11)8(12)13/h7H,2-6H2,1H3,(H,10,14)(H,12,13). The molecular formula is C9H16N2O5. The summed E-state index contributed by atoms with van der Waals surface area (Å²) < 4.78 is 9.80. The van der Waals surface area contributed by atoms with Crippen molar-refractivity contribution in [2.75, 3.05) is 40.0 Å². The molecule has 1 aliphatic heterocycles. The average Bonchev–Trinajstić information content (AvgIpc) is 2.29. The zero-order valence-corrected chi connectivity index (χ0v) is 9.14. The highest BCUT2D eigenvalue weighted by molar-refractivity contribution is 5.82. The number of methoxy groups -OCH3 is 1. The van der Waals surface area contributed by atoms with Crippen molar-refractivity contribution >= 4 is 12.0 Å². The molecule has 2 N–H and O–H groups in total. The summed E-state index contributed by atoms with van der Waals surface area (Å²) in [7, 11) is 1.53. The Kier molecular flexibility index (Phi) is 5.00. The minimum Gasteiger partial charge on any atom is -0.480 e. The van der Waals surface area contributed by atoms with E-state index in [4.69, 9.17) is 14.6 Å². The van der Waals surface area contributed by atoms with Crippen molar-refractivity contribution in [3.8, 4) is 0 Å². The number of amides is 2. The maximum atomic E-state index is 11.6. The molecule has 0 spiro atoms. The quantitative estimate of drug-likeness (QED) is 0.615. The lowest BCUT2D eigenvalue weighted by Crippen LogP contribution is -2.55. The van der Waals surface area contributed by atoms with Gasteiger partial charge in [-0.1, -0.05) is 0 Å². The maximum absolute atomic E-state index is 11.6. The Morgan fingerprint density at radius 3 is 3.00 bits per heavy atom. The van der Waals surface area contributed by atoms with E-state index < -0.39 is 18.0 Å². The predicted molar refractivity (Wildman–Crippen MR) is 54.2 cm³/mol. The molecule has 0 radical (unpaired) electrons. The minimum absolute atomic E-state index is 0.0348. The number of hydrogen-bond acceptors (Lipinski definition) is 4. The summed E-state index contributed by atoms with van der Waals surface area (Å²) in [6.45, 7) is 1.44. The molecule has 2 amide bonds. The molecular weight excluding hydrogens is 216 g/mol. The highest BCUT2D eigenvalue weighted by Gasteiger charge is 2.32. The van der Waals surface area contributed by atoms with Gasteiger partial charge in [0.1, 0.15) is 0 Å². The molecule has 92 valence electrons. The van der Waals surface area contributed by atoms with E-state index >= 15 is 0 Å². The van der Waals surface area contributed by atoms with E-state index in [1.807, 2.05) is 0 Å². The lowest BCUT2D eigenvalue weighted by atomic mass is 10.2. The third kappa shape index (κ3) is 3.35. The number of carboxylic acid groups (broad SMARTS) is 1. The summed E-state index contributed by atoms with van der Waals surface area (Å²) in [5, 5.41) is 11.5. The molecule has 16 heavy (non-hydrogen) atoms. The number of carbonyl (C=O) groups excluding carboxylic acids is 1. The van der Waals surface area contributed by atoms with Crippen LogP contribution < -0.4 is 5.32 Å². The van der Waals surface area contributed by atoms with E-state index in [2.05, 4.69) is 5.32 Å². The van der Waals surface area contributed by atoms with Gasteiger partial charge in [0.2, 0.25) is 0 Å². The third-order valence-corrected chi connectivity index (χ3v) is 2.26. The molecule has 1 heterocycles. The smallest absolute Gasteiger partial charge is 0.328 e. The third-order valence-electron chi connectivity index (χ3n) is 2.26. The number of rotatable bonds is 4. The van der Waals surface area contributed by atoms with Crippen LogP contribution in [0.3, 0.4) is 0 Å². The lowest BCUT2D eigenvalue weighted by molar-refractivity contribution is -0.147. The van der Waals surface area contributed by atoms with Crippen LogP contribution in [-0.4, -0.2) is 68.1 Å². The molecule has 1 rings (SSSR count). The van der Waals surface area contributed by atoms with Gasteiger partial charge in [-0.2, -0.15) is 0 Å². The SMILES string of the molecule is COCCNC(=O)N1CCOCC1C(=O)O. The Morgan fingerprint density at radius 2 is 2.38 bits per heavy atom. The molecule has 1 saturated heterocycles. The average molecular weight is 232 g/mol. The predicted octanol–water partition coefficient (Wildman–Crippen LogP) is -0.872. The Balaban J connectivity index is 2.47. The number of carboxylic acids is 1. The van der Waals surface area contributed by atoms with Gasteiger partial charge < -0.3 is 24.8 Å². The fraction of sp³-hybridized carbons (Fsp3) is 0.778. The Labute approximate surface area is 93.3 Å². The van der Waals surface area contributed by atoms with Gasteiger partial charge in [0, 0.05) is 20.2 Å². The largest absolute Gasteiger partial charge is 0.480 e. The second-order valence-corrected chi connectivity index (χ2v) is 3.35. The number of morpholine rings is 1. The highest BCUT2D eigenvalue weighted by atomic mass is 16.5. The van der Waals surface area contributed by atoms with E-state index in [0.717, 1.165) is 0 Å². The summed E-state index contributed by atoms with van der Waals surface area (Å²) in [5.41, 5.74) is 0. The van der Waals surface area contributed by atoms with Gasteiger partial charge >= 0.3 is 12.0 Å². The molecule has 0 aromatic rings. The van der Waals surface area contributed by atoms with E-state index in [0.29, 0.717) is 19.8 Å². The number of aliphatic carboxylic acids is 1. The van der Waals surface area contributed by atoms with Gasteiger partial charge in [-0.25, -0.2) is 9.59 Å². The van der Waals surface area contributed by atoms with Crippen LogP contribution in [0.5, 0.6) is 0 Å². The first-order valence-electron chi connectivity index (χ1n) is 5.00. The van der Waals surface area contributed by atoms with Gasteiger partial charge in [-0.15, -0.1) is 0 Å². The summed E-state index contributed by atoms with van der Waals surface area (Å²) in [5.74, 6) is -1.05. The normalized spacial score (nSPS) is 20.6. The maximum Gasteiger partial charge on any atom is 0.328 e. The van der Waals surface area contributed by atoms with Crippen LogP contribution in [0.1, 0.15) is 0 Å². The number of ether oxygens (including phenoxy) is 2. The van der Waals surface area contributed by atoms with E-state index in [1.54, 1.807) is 0 Å². The monoisotopic (exact) mass is 232 g/mol. The lowest BCUT2D eigenvalue weighted by Gasteiger charge is -2.32. The van der Waals surface area contributed by atoms with Crippen LogP contribution in [0.4, 0.5) is 4.79 Å².